The summed E-state index contributed by atoms with van der Waals surface area (Å²) in [6.45, 7) is 7.61. The summed E-state index contributed by atoms with van der Waals surface area (Å²) in [5.41, 5.74) is 3.92. The standard InChI is InChI=1S/C30H38N4O4/c1-4-6-14-32(15-7-5-2)30(38)27-16-21(3)34(31-27)28-18-25(36)12-13-26(28)29(37)33-19-23-11-9-8-10-22(23)17-24(33)20-35/h8-13,16,18,24,35-36H,4-7,14-15,17,19-20H2,1-3H3. The van der Waals surface area contributed by atoms with Gasteiger partial charge >= 0.3 is 0 Å². The van der Waals surface area contributed by atoms with Gasteiger partial charge in [-0.3, -0.25) is 9.59 Å². The maximum Gasteiger partial charge on any atom is 0.274 e. The highest BCUT2D eigenvalue weighted by molar-refractivity contribution is 5.98. The molecule has 0 bridgehead atoms. The summed E-state index contributed by atoms with van der Waals surface area (Å²) < 4.78 is 1.56. The zero-order valence-electron chi connectivity index (χ0n) is 22.6. The zero-order valence-corrected chi connectivity index (χ0v) is 22.6. The number of benzene rings is 2. The minimum Gasteiger partial charge on any atom is -0.508 e. The van der Waals surface area contributed by atoms with Gasteiger partial charge in [0.15, 0.2) is 5.69 Å². The van der Waals surface area contributed by atoms with Gasteiger partial charge in [-0.2, -0.15) is 5.10 Å². The predicted molar refractivity (Wildman–Crippen MR) is 147 cm³/mol. The number of carbonyl (C=O) groups is 2. The average molecular weight is 519 g/mol. The van der Waals surface area contributed by atoms with E-state index >= 15 is 0 Å². The van der Waals surface area contributed by atoms with Gasteiger partial charge in [0.2, 0.25) is 0 Å². The number of aryl methyl sites for hydroxylation is 1. The zero-order chi connectivity index (χ0) is 27.2. The largest absolute Gasteiger partial charge is 0.508 e. The molecule has 0 spiro atoms. The number of fused-ring (bicyclic) bond motifs is 1. The van der Waals surface area contributed by atoms with E-state index < -0.39 is 0 Å². The molecule has 0 radical (unpaired) electrons. The maximum absolute atomic E-state index is 13.9. The molecular formula is C30H38N4O4. The quantitative estimate of drug-likeness (QED) is 0.412. The number of nitrogens with zero attached hydrogens (tertiary/aromatic N) is 4. The number of rotatable bonds is 10. The Morgan fingerprint density at radius 3 is 2.37 bits per heavy atom. The highest BCUT2D eigenvalue weighted by atomic mass is 16.3. The first-order valence-corrected chi connectivity index (χ1v) is 13.6. The molecule has 1 atom stereocenters. The van der Waals surface area contributed by atoms with Crippen LogP contribution in [0.5, 0.6) is 5.75 Å². The highest BCUT2D eigenvalue weighted by Crippen LogP contribution is 2.29. The number of hydrogen-bond donors (Lipinski definition) is 2. The van der Waals surface area contributed by atoms with Crippen molar-refractivity contribution in [2.24, 2.45) is 0 Å². The highest BCUT2D eigenvalue weighted by Gasteiger charge is 2.32. The van der Waals surface area contributed by atoms with E-state index in [1.807, 2.05) is 36.1 Å². The Balaban J connectivity index is 1.68. The molecule has 38 heavy (non-hydrogen) atoms. The molecule has 202 valence electrons. The Morgan fingerprint density at radius 1 is 1.03 bits per heavy atom. The number of carbonyl (C=O) groups excluding carboxylic acids is 2. The van der Waals surface area contributed by atoms with Gasteiger partial charge in [-0.25, -0.2) is 4.68 Å². The first-order chi connectivity index (χ1) is 18.4. The lowest BCUT2D eigenvalue weighted by Crippen LogP contribution is -2.46. The van der Waals surface area contributed by atoms with Gasteiger partial charge in [0.05, 0.1) is 23.9 Å². The lowest BCUT2D eigenvalue weighted by atomic mass is 9.93. The van der Waals surface area contributed by atoms with Gasteiger partial charge in [-0.1, -0.05) is 51.0 Å². The molecule has 8 heteroatoms. The van der Waals surface area contributed by atoms with Crippen molar-refractivity contribution in [1.82, 2.24) is 19.6 Å². The number of unbranched alkanes of at least 4 members (excludes halogenated alkanes) is 2. The fraction of sp³-hybridized carbons (Fsp3) is 0.433. The van der Waals surface area contributed by atoms with Crippen LogP contribution >= 0.6 is 0 Å². The summed E-state index contributed by atoms with van der Waals surface area (Å²) in [4.78, 5) is 30.8. The van der Waals surface area contributed by atoms with E-state index in [2.05, 4.69) is 18.9 Å². The van der Waals surface area contributed by atoms with Crippen molar-refractivity contribution in [3.63, 3.8) is 0 Å². The number of phenolic OH excluding ortho intramolecular Hbond substituents is 1. The number of aromatic hydroxyl groups is 1. The van der Waals surface area contributed by atoms with Gasteiger partial charge in [0.1, 0.15) is 5.75 Å². The van der Waals surface area contributed by atoms with E-state index in [-0.39, 0.29) is 30.2 Å². The van der Waals surface area contributed by atoms with Crippen LogP contribution in [0.3, 0.4) is 0 Å². The Bertz CT molecular complexity index is 1280. The van der Waals surface area contributed by atoms with Crippen molar-refractivity contribution in [3.8, 4) is 11.4 Å². The fourth-order valence-electron chi connectivity index (χ4n) is 5.02. The Kier molecular flexibility index (Phi) is 8.84. The molecule has 2 amide bonds. The van der Waals surface area contributed by atoms with Crippen molar-refractivity contribution >= 4 is 11.8 Å². The molecule has 0 saturated carbocycles. The van der Waals surface area contributed by atoms with Crippen molar-refractivity contribution in [1.29, 1.82) is 0 Å². The van der Waals surface area contributed by atoms with E-state index in [9.17, 15) is 19.8 Å². The lowest BCUT2D eigenvalue weighted by Gasteiger charge is -2.36. The predicted octanol–water partition coefficient (Wildman–Crippen LogP) is 4.49. The third kappa shape index (κ3) is 5.75. The fourth-order valence-corrected chi connectivity index (χ4v) is 5.02. The second-order valence-electron chi connectivity index (χ2n) is 10.0. The van der Waals surface area contributed by atoms with Crippen LogP contribution < -0.4 is 0 Å². The van der Waals surface area contributed by atoms with Crippen LogP contribution in [0.15, 0.2) is 48.5 Å². The van der Waals surface area contributed by atoms with Crippen LogP contribution in [0.4, 0.5) is 0 Å². The number of aromatic nitrogens is 2. The molecule has 1 aliphatic rings. The SMILES string of the molecule is CCCCN(CCCC)C(=O)c1cc(C)n(-c2cc(O)ccc2C(=O)N2Cc3ccccc3CC2CO)n1. The summed E-state index contributed by atoms with van der Waals surface area (Å²) in [5, 5.41) is 25.0. The molecule has 4 rings (SSSR count). The molecule has 2 N–H and O–H groups in total. The number of amides is 2. The molecular weight excluding hydrogens is 480 g/mol. The summed E-state index contributed by atoms with van der Waals surface area (Å²) in [6, 6.07) is 13.9. The molecule has 0 aliphatic carbocycles. The van der Waals surface area contributed by atoms with Crippen molar-refractivity contribution in [2.45, 2.75) is 65.5 Å². The molecule has 1 aliphatic heterocycles. The van der Waals surface area contributed by atoms with Crippen LogP contribution in [0.2, 0.25) is 0 Å². The topological polar surface area (TPSA) is 98.9 Å². The third-order valence-corrected chi connectivity index (χ3v) is 7.22. The summed E-state index contributed by atoms with van der Waals surface area (Å²) in [6.07, 6.45) is 4.40. The van der Waals surface area contributed by atoms with Gasteiger partial charge in [0.25, 0.3) is 11.8 Å². The van der Waals surface area contributed by atoms with E-state index in [1.165, 1.54) is 12.1 Å². The van der Waals surface area contributed by atoms with E-state index in [1.54, 1.807) is 21.7 Å². The van der Waals surface area contributed by atoms with E-state index in [4.69, 9.17) is 0 Å². The number of hydrogen-bond acceptors (Lipinski definition) is 5. The summed E-state index contributed by atoms with van der Waals surface area (Å²) in [7, 11) is 0. The average Bonchev–Trinajstić information content (AvgIpc) is 3.32. The minimum absolute atomic E-state index is 0.00505. The van der Waals surface area contributed by atoms with Gasteiger partial charge in [-0.05, 0) is 55.5 Å². The van der Waals surface area contributed by atoms with Crippen LogP contribution in [-0.4, -0.2) is 67.3 Å². The lowest BCUT2D eigenvalue weighted by molar-refractivity contribution is 0.0544. The van der Waals surface area contributed by atoms with Crippen LogP contribution in [0.1, 0.15) is 77.2 Å². The Labute approximate surface area is 224 Å². The summed E-state index contributed by atoms with van der Waals surface area (Å²) >= 11 is 0. The molecule has 2 heterocycles. The second kappa shape index (κ2) is 12.3. The molecule has 8 nitrogen and oxygen atoms in total. The molecule has 2 aromatic carbocycles. The first kappa shape index (κ1) is 27.4. The number of aliphatic hydroxyl groups is 1. The number of phenols is 1. The van der Waals surface area contributed by atoms with Crippen molar-refractivity contribution in [2.75, 3.05) is 19.7 Å². The van der Waals surface area contributed by atoms with Crippen LogP contribution in [0.25, 0.3) is 5.69 Å². The van der Waals surface area contributed by atoms with Crippen LogP contribution in [0, 0.1) is 6.92 Å². The first-order valence-electron chi connectivity index (χ1n) is 13.6. The van der Waals surface area contributed by atoms with Gasteiger partial charge in [0, 0.05) is 31.4 Å². The van der Waals surface area contributed by atoms with E-state index in [0.29, 0.717) is 48.7 Å². The Hall–Kier alpha value is -3.65. The van der Waals surface area contributed by atoms with Gasteiger partial charge < -0.3 is 20.0 Å². The van der Waals surface area contributed by atoms with Gasteiger partial charge in [-0.15, -0.1) is 0 Å². The molecule has 1 aromatic heterocycles. The molecule has 0 saturated heterocycles. The Morgan fingerprint density at radius 2 is 1.71 bits per heavy atom. The minimum atomic E-state index is -0.361. The van der Waals surface area contributed by atoms with Crippen LogP contribution in [-0.2, 0) is 13.0 Å². The smallest absolute Gasteiger partial charge is 0.274 e. The molecule has 0 fully saturated rings. The summed E-state index contributed by atoms with van der Waals surface area (Å²) in [5.74, 6) is -0.395. The maximum atomic E-state index is 13.9. The number of aliphatic hydroxyl groups excluding tert-OH is 1. The monoisotopic (exact) mass is 518 g/mol. The second-order valence-corrected chi connectivity index (χ2v) is 10.0. The molecule has 3 aromatic rings. The normalized spacial score (nSPS) is 14.8. The van der Waals surface area contributed by atoms with Crippen molar-refractivity contribution in [3.05, 3.63) is 76.6 Å². The van der Waals surface area contributed by atoms with E-state index in [0.717, 1.165) is 36.8 Å². The third-order valence-electron chi connectivity index (χ3n) is 7.22. The van der Waals surface area contributed by atoms with Crippen molar-refractivity contribution < 1.29 is 19.8 Å². The molecule has 1 unspecified atom stereocenters.